The summed E-state index contributed by atoms with van der Waals surface area (Å²) in [5.74, 6) is -3.10. The predicted octanol–water partition coefficient (Wildman–Crippen LogP) is 5.59. The summed E-state index contributed by atoms with van der Waals surface area (Å²) in [6, 6.07) is 16.1. The molecule has 1 aliphatic rings. The summed E-state index contributed by atoms with van der Waals surface area (Å²) >= 11 is 0. The van der Waals surface area contributed by atoms with Gasteiger partial charge in [0, 0.05) is 37.6 Å². The number of nitrogens with one attached hydrogen (secondary N) is 1. The first-order chi connectivity index (χ1) is 18.8. The number of ketones is 2. The average Bonchev–Trinajstić information content (AvgIpc) is 2.96. The van der Waals surface area contributed by atoms with Crippen molar-refractivity contribution >= 4 is 11.6 Å². The molecule has 4 rings (SSSR count). The largest absolute Gasteiger partial charge is 0.497 e. The average molecular weight is 538 g/mol. The van der Waals surface area contributed by atoms with Crippen molar-refractivity contribution in [2.45, 2.75) is 19.4 Å². The maximum absolute atomic E-state index is 15.2. The van der Waals surface area contributed by atoms with Gasteiger partial charge in [-0.2, -0.15) is 0 Å². The topological polar surface area (TPSA) is 73.9 Å². The van der Waals surface area contributed by atoms with E-state index < -0.39 is 35.5 Å². The number of piperidine rings is 1. The first-order valence-corrected chi connectivity index (χ1v) is 12.8. The molecular formula is C31H33F2NO5. The third-order valence-corrected chi connectivity index (χ3v) is 7.67. The van der Waals surface area contributed by atoms with E-state index in [9.17, 15) is 14.0 Å². The van der Waals surface area contributed by atoms with Crippen LogP contribution in [-0.4, -0.2) is 46.0 Å². The molecule has 0 bridgehead atoms. The van der Waals surface area contributed by atoms with Crippen LogP contribution in [0.15, 0.2) is 60.7 Å². The second kappa shape index (κ2) is 12.5. The van der Waals surface area contributed by atoms with Gasteiger partial charge >= 0.3 is 0 Å². The summed E-state index contributed by atoms with van der Waals surface area (Å²) in [4.78, 5) is 27.7. The van der Waals surface area contributed by atoms with Crippen molar-refractivity contribution < 1.29 is 32.6 Å². The van der Waals surface area contributed by atoms with Crippen LogP contribution in [0.4, 0.5) is 8.78 Å². The molecule has 0 saturated carbocycles. The van der Waals surface area contributed by atoms with Gasteiger partial charge in [-0.1, -0.05) is 30.3 Å². The fourth-order valence-corrected chi connectivity index (χ4v) is 5.50. The Morgan fingerprint density at radius 3 is 2.31 bits per heavy atom. The van der Waals surface area contributed by atoms with E-state index in [1.165, 1.54) is 39.5 Å². The molecule has 1 N–H and O–H groups in total. The number of ether oxygens (including phenoxy) is 3. The molecular weight excluding hydrogens is 504 g/mol. The van der Waals surface area contributed by atoms with Crippen LogP contribution >= 0.6 is 0 Å². The Bertz CT molecular complexity index is 1340. The molecule has 0 radical (unpaired) electrons. The van der Waals surface area contributed by atoms with Crippen LogP contribution in [0.25, 0.3) is 0 Å². The molecule has 3 aromatic rings. The lowest BCUT2D eigenvalue weighted by Crippen LogP contribution is -2.50. The second-order valence-electron chi connectivity index (χ2n) is 9.73. The number of carbonyl (C=O) groups is 2. The quantitative estimate of drug-likeness (QED) is 0.340. The van der Waals surface area contributed by atoms with Gasteiger partial charge in [0.1, 0.15) is 11.6 Å². The highest BCUT2D eigenvalue weighted by Crippen LogP contribution is 2.40. The van der Waals surface area contributed by atoms with Crippen LogP contribution in [0, 0.1) is 36.3 Å². The lowest BCUT2D eigenvalue weighted by atomic mass is 9.69. The van der Waals surface area contributed by atoms with Crippen molar-refractivity contribution in [2.75, 3.05) is 34.4 Å². The van der Waals surface area contributed by atoms with Crippen LogP contribution in [0.5, 0.6) is 11.5 Å². The minimum absolute atomic E-state index is 0.0321. The minimum atomic E-state index is -0.744. The molecule has 0 aliphatic carbocycles. The summed E-state index contributed by atoms with van der Waals surface area (Å²) < 4.78 is 45.9. The molecule has 39 heavy (non-hydrogen) atoms. The fourth-order valence-electron chi connectivity index (χ4n) is 5.50. The number of Topliss-reactive ketones (excluding diaryl/α,β-unsaturated/α-hetero) is 2. The molecule has 1 unspecified atom stereocenters. The number of rotatable bonds is 10. The lowest BCUT2D eigenvalue weighted by molar-refractivity contribution is 0.0369. The number of hydrogen-bond acceptors (Lipinski definition) is 6. The monoisotopic (exact) mass is 537 g/mol. The van der Waals surface area contributed by atoms with Gasteiger partial charge < -0.3 is 19.5 Å². The second-order valence-corrected chi connectivity index (χ2v) is 9.73. The van der Waals surface area contributed by atoms with Crippen molar-refractivity contribution in [1.29, 1.82) is 0 Å². The van der Waals surface area contributed by atoms with Gasteiger partial charge in [-0.05, 0) is 60.7 Å². The summed E-state index contributed by atoms with van der Waals surface area (Å²) in [7, 11) is 4.38. The Morgan fingerprint density at radius 1 is 0.923 bits per heavy atom. The number of halogens is 2. The Balaban J connectivity index is 1.76. The van der Waals surface area contributed by atoms with Gasteiger partial charge in [-0.15, -0.1) is 0 Å². The van der Waals surface area contributed by atoms with Gasteiger partial charge in [0.05, 0.1) is 25.9 Å². The molecule has 3 aromatic carbocycles. The Morgan fingerprint density at radius 2 is 1.62 bits per heavy atom. The van der Waals surface area contributed by atoms with E-state index in [2.05, 4.69) is 5.32 Å². The highest BCUT2D eigenvalue weighted by atomic mass is 19.1. The van der Waals surface area contributed by atoms with Crippen molar-refractivity contribution in [1.82, 2.24) is 5.32 Å². The van der Waals surface area contributed by atoms with Crippen molar-refractivity contribution in [3.63, 3.8) is 0 Å². The minimum Gasteiger partial charge on any atom is -0.497 e. The zero-order chi connectivity index (χ0) is 28.1. The maximum Gasteiger partial charge on any atom is 0.175 e. The Kier molecular flexibility index (Phi) is 9.09. The number of benzene rings is 3. The molecule has 1 aliphatic heterocycles. The molecule has 206 valence electrons. The number of methoxy groups -OCH3 is 3. The van der Waals surface area contributed by atoms with Gasteiger partial charge in [-0.3, -0.25) is 9.59 Å². The third kappa shape index (κ3) is 5.87. The van der Waals surface area contributed by atoms with E-state index in [1.807, 2.05) is 0 Å². The molecule has 0 spiro atoms. The van der Waals surface area contributed by atoms with Crippen LogP contribution < -0.4 is 14.8 Å². The van der Waals surface area contributed by atoms with E-state index in [1.54, 1.807) is 49.4 Å². The van der Waals surface area contributed by atoms with Crippen molar-refractivity contribution in [2.24, 2.45) is 17.8 Å². The van der Waals surface area contributed by atoms with Crippen LogP contribution in [-0.2, 0) is 4.74 Å². The normalized spacial score (nSPS) is 19.8. The van der Waals surface area contributed by atoms with E-state index in [-0.39, 0.29) is 35.9 Å². The number of carbonyl (C=O) groups excluding carboxylic acids is 2. The third-order valence-electron chi connectivity index (χ3n) is 7.67. The first-order valence-electron chi connectivity index (χ1n) is 12.8. The Hall–Kier alpha value is -3.62. The smallest absolute Gasteiger partial charge is 0.175 e. The fraction of sp³-hybridized carbons (Fsp3) is 0.355. The van der Waals surface area contributed by atoms with Gasteiger partial charge in [0.2, 0.25) is 0 Å². The molecule has 0 aromatic heterocycles. The van der Waals surface area contributed by atoms with Gasteiger partial charge in [0.25, 0.3) is 0 Å². The van der Waals surface area contributed by atoms with Crippen LogP contribution in [0.2, 0.25) is 0 Å². The zero-order valence-electron chi connectivity index (χ0n) is 22.5. The molecule has 4 atom stereocenters. The van der Waals surface area contributed by atoms with Gasteiger partial charge in [-0.25, -0.2) is 8.78 Å². The highest BCUT2D eigenvalue weighted by molar-refractivity contribution is 6.01. The van der Waals surface area contributed by atoms with E-state index in [0.29, 0.717) is 29.0 Å². The van der Waals surface area contributed by atoms with Crippen LogP contribution in [0.3, 0.4) is 0 Å². The summed E-state index contributed by atoms with van der Waals surface area (Å²) in [6.45, 7) is 2.25. The molecule has 0 amide bonds. The highest BCUT2D eigenvalue weighted by Gasteiger charge is 2.43. The van der Waals surface area contributed by atoms with E-state index >= 15 is 4.39 Å². The van der Waals surface area contributed by atoms with Gasteiger partial charge in [0.15, 0.2) is 23.1 Å². The zero-order valence-corrected chi connectivity index (χ0v) is 22.5. The van der Waals surface area contributed by atoms with Crippen molar-refractivity contribution in [3.8, 4) is 11.5 Å². The summed E-state index contributed by atoms with van der Waals surface area (Å²) in [5.41, 5.74) is 1.43. The van der Waals surface area contributed by atoms with Crippen molar-refractivity contribution in [3.05, 3.63) is 94.6 Å². The molecule has 1 heterocycles. The maximum atomic E-state index is 15.2. The van der Waals surface area contributed by atoms with Crippen LogP contribution in [0.1, 0.15) is 44.4 Å². The summed E-state index contributed by atoms with van der Waals surface area (Å²) in [5, 5.41) is 3.22. The Labute approximate surface area is 227 Å². The van der Waals surface area contributed by atoms with E-state index in [4.69, 9.17) is 14.2 Å². The molecule has 1 saturated heterocycles. The molecule has 8 heteroatoms. The standard InChI is InChI=1S/C31H33F2NO5/c1-18-21(10-6-12-26(18)32)28(39-4)15-23-24(30(35)19-8-5-9-20(14-19)37-2)16-34-17-25(23)31(36)22-11-7-13-27(38-3)29(22)33/h5-14,23-25,28,34H,15-17H2,1-4H3/t23-,24+,25-,28?/m1/s1. The first kappa shape index (κ1) is 28.4. The predicted molar refractivity (Wildman–Crippen MR) is 143 cm³/mol. The summed E-state index contributed by atoms with van der Waals surface area (Å²) in [6.07, 6.45) is -0.333. The number of hydrogen-bond donors (Lipinski definition) is 1. The molecule has 1 fully saturated rings. The van der Waals surface area contributed by atoms with E-state index in [0.717, 1.165) is 0 Å². The lowest BCUT2D eigenvalue weighted by Gasteiger charge is -2.39. The SMILES string of the molecule is COc1cccc(C(=O)[C@H]2CNC[C@@H](C(=O)c3cccc(OC)c3F)[C@@H]2CC(OC)c2cccc(F)c2C)c1. The molecule has 6 nitrogen and oxygen atoms in total.